The highest BCUT2D eigenvalue weighted by molar-refractivity contribution is 6.30. The number of carbonyl (C=O) groups excluding carboxylic acids is 1. The van der Waals surface area contributed by atoms with Crippen molar-refractivity contribution in [2.45, 2.75) is 0 Å². The molecule has 0 aliphatic carbocycles. The number of rotatable bonds is 5. The van der Waals surface area contributed by atoms with Crippen molar-refractivity contribution in [2.75, 3.05) is 14.2 Å². The zero-order chi connectivity index (χ0) is 15.9. The van der Waals surface area contributed by atoms with Gasteiger partial charge in [-0.15, -0.1) is 0 Å². The van der Waals surface area contributed by atoms with Crippen LogP contribution in [0.25, 0.3) is 6.08 Å². The van der Waals surface area contributed by atoms with Gasteiger partial charge < -0.3 is 14.2 Å². The van der Waals surface area contributed by atoms with Crippen molar-refractivity contribution in [1.29, 1.82) is 0 Å². The van der Waals surface area contributed by atoms with Gasteiger partial charge in [-0.2, -0.15) is 0 Å². The molecule has 2 rings (SSSR count). The van der Waals surface area contributed by atoms with Gasteiger partial charge in [-0.1, -0.05) is 23.7 Å². The van der Waals surface area contributed by atoms with E-state index >= 15 is 0 Å². The molecule has 0 saturated carbocycles. The highest BCUT2D eigenvalue weighted by Crippen LogP contribution is 2.28. The second-order valence-corrected chi connectivity index (χ2v) is 4.76. The molecule has 0 amide bonds. The van der Waals surface area contributed by atoms with Gasteiger partial charge in [-0.05, 0) is 42.0 Å². The van der Waals surface area contributed by atoms with Crippen LogP contribution in [0.3, 0.4) is 0 Å². The van der Waals surface area contributed by atoms with Crippen molar-refractivity contribution in [3.8, 4) is 17.2 Å². The molecule has 0 N–H and O–H groups in total. The SMILES string of the molecule is COc1ccc(C=CC(=O)Oc2cccc(Cl)c2)cc1OC. The van der Waals surface area contributed by atoms with Crippen molar-refractivity contribution < 1.29 is 19.0 Å². The Balaban J connectivity index is 2.06. The molecular formula is C17H15ClO4. The van der Waals surface area contributed by atoms with Crippen LogP contribution in [0, 0.1) is 0 Å². The summed E-state index contributed by atoms with van der Waals surface area (Å²) in [6.45, 7) is 0. The first kappa shape index (κ1) is 15.9. The molecule has 114 valence electrons. The molecule has 0 fully saturated rings. The molecule has 4 nitrogen and oxygen atoms in total. The van der Waals surface area contributed by atoms with Gasteiger partial charge in [0.05, 0.1) is 14.2 Å². The minimum absolute atomic E-state index is 0.398. The van der Waals surface area contributed by atoms with Crippen LogP contribution in [0.4, 0.5) is 0 Å². The first-order valence-electron chi connectivity index (χ1n) is 6.50. The predicted molar refractivity (Wildman–Crippen MR) is 85.7 cm³/mol. The molecule has 0 radical (unpaired) electrons. The van der Waals surface area contributed by atoms with E-state index in [0.29, 0.717) is 22.3 Å². The van der Waals surface area contributed by atoms with Crippen molar-refractivity contribution >= 4 is 23.6 Å². The summed E-state index contributed by atoms with van der Waals surface area (Å²) in [5.41, 5.74) is 0.792. The Morgan fingerprint density at radius 2 is 1.82 bits per heavy atom. The average molecular weight is 319 g/mol. The maximum Gasteiger partial charge on any atom is 0.336 e. The third-order valence-corrected chi connectivity index (χ3v) is 3.07. The third kappa shape index (κ3) is 4.27. The molecule has 5 heteroatoms. The molecule has 0 aliphatic heterocycles. The number of benzene rings is 2. The summed E-state index contributed by atoms with van der Waals surface area (Å²) in [5.74, 6) is 1.13. The van der Waals surface area contributed by atoms with Crippen LogP contribution < -0.4 is 14.2 Å². The lowest BCUT2D eigenvalue weighted by Crippen LogP contribution is -2.03. The first-order chi connectivity index (χ1) is 10.6. The van der Waals surface area contributed by atoms with Crippen molar-refractivity contribution in [3.63, 3.8) is 0 Å². The van der Waals surface area contributed by atoms with E-state index in [-0.39, 0.29) is 0 Å². The number of esters is 1. The minimum atomic E-state index is -0.489. The second kappa shape index (κ2) is 7.52. The maximum atomic E-state index is 11.8. The summed E-state index contributed by atoms with van der Waals surface area (Å²) in [6, 6.07) is 12.0. The Bertz CT molecular complexity index is 695. The van der Waals surface area contributed by atoms with Gasteiger partial charge >= 0.3 is 5.97 Å². The fraction of sp³-hybridized carbons (Fsp3) is 0.118. The highest BCUT2D eigenvalue weighted by atomic mass is 35.5. The summed E-state index contributed by atoms with van der Waals surface area (Å²) in [7, 11) is 3.12. The largest absolute Gasteiger partial charge is 0.493 e. The minimum Gasteiger partial charge on any atom is -0.493 e. The zero-order valence-electron chi connectivity index (χ0n) is 12.2. The van der Waals surface area contributed by atoms with E-state index in [4.69, 9.17) is 25.8 Å². The lowest BCUT2D eigenvalue weighted by Gasteiger charge is -2.07. The van der Waals surface area contributed by atoms with Gasteiger partial charge in [0.2, 0.25) is 0 Å². The molecule has 0 heterocycles. The molecule has 0 unspecified atom stereocenters. The number of ether oxygens (including phenoxy) is 3. The molecule has 0 aromatic heterocycles. The van der Waals surface area contributed by atoms with E-state index in [0.717, 1.165) is 5.56 Å². The summed E-state index contributed by atoms with van der Waals surface area (Å²) in [6.07, 6.45) is 2.97. The Labute approximate surface area is 133 Å². The Morgan fingerprint density at radius 1 is 1.05 bits per heavy atom. The zero-order valence-corrected chi connectivity index (χ0v) is 13.0. The molecule has 0 bridgehead atoms. The number of carbonyl (C=O) groups is 1. The molecular weight excluding hydrogens is 304 g/mol. The van der Waals surface area contributed by atoms with E-state index in [2.05, 4.69) is 0 Å². The summed E-state index contributed by atoms with van der Waals surface area (Å²) < 4.78 is 15.5. The van der Waals surface area contributed by atoms with Gasteiger partial charge in [-0.25, -0.2) is 4.79 Å². The molecule has 22 heavy (non-hydrogen) atoms. The molecule has 0 atom stereocenters. The fourth-order valence-electron chi connectivity index (χ4n) is 1.80. The topological polar surface area (TPSA) is 44.8 Å². The number of hydrogen-bond donors (Lipinski definition) is 0. The smallest absolute Gasteiger partial charge is 0.336 e. The predicted octanol–water partition coefficient (Wildman–Crippen LogP) is 3.98. The van der Waals surface area contributed by atoms with Crippen LogP contribution in [0.2, 0.25) is 5.02 Å². The van der Waals surface area contributed by atoms with Crippen molar-refractivity contribution in [1.82, 2.24) is 0 Å². The van der Waals surface area contributed by atoms with Crippen LogP contribution >= 0.6 is 11.6 Å². The van der Waals surface area contributed by atoms with Gasteiger partial charge in [0.1, 0.15) is 5.75 Å². The third-order valence-electron chi connectivity index (χ3n) is 2.83. The molecule has 2 aromatic carbocycles. The molecule has 0 spiro atoms. The Morgan fingerprint density at radius 3 is 2.50 bits per heavy atom. The Kier molecular flexibility index (Phi) is 5.44. The van der Waals surface area contributed by atoms with Crippen LogP contribution in [-0.2, 0) is 4.79 Å². The lowest BCUT2D eigenvalue weighted by atomic mass is 10.2. The summed E-state index contributed by atoms with van der Waals surface area (Å²) in [4.78, 5) is 11.8. The fourth-order valence-corrected chi connectivity index (χ4v) is 1.98. The lowest BCUT2D eigenvalue weighted by molar-refractivity contribution is -0.128. The second-order valence-electron chi connectivity index (χ2n) is 4.33. The molecule has 0 aliphatic rings. The van der Waals surface area contributed by atoms with E-state index in [1.807, 2.05) is 6.07 Å². The standard InChI is InChI=1S/C17H15ClO4/c1-20-15-8-6-12(10-16(15)21-2)7-9-17(19)22-14-5-3-4-13(18)11-14/h3-11H,1-2H3. The first-order valence-corrected chi connectivity index (χ1v) is 6.87. The van der Waals surface area contributed by atoms with Gasteiger partial charge in [-0.3, -0.25) is 0 Å². The van der Waals surface area contributed by atoms with E-state index in [1.165, 1.54) is 6.08 Å². The molecule has 2 aromatic rings. The number of hydrogen-bond acceptors (Lipinski definition) is 4. The highest BCUT2D eigenvalue weighted by Gasteiger charge is 2.04. The van der Waals surface area contributed by atoms with Gasteiger partial charge in [0.25, 0.3) is 0 Å². The van der Waals surface area contributed by atoms with Gasteiger partial charge in [0.15, 0.2) is 11.5 Å². The maximum absolute atomic E-state index is 11.8. The van der Waals surface area contributed by atoms with E-state index < -0.39 is 5.97 Å². The quantitative estimate of drug-likeness (QED) is 0.475. The van der Waals surface area contributed by atoms with Crippen LogP contribution in [0.5, 0.6) is 17.2 Å². The van der Waals surface area contributed by atoms with Gasteiger partial charge in [0, 0.05) is 11.1 Å². The summed E-state index contributed by atoms with van der Waals surface area (Å²) >= 11 is 5.83. The van der Waals surface area contributed by atoms with Crippen LogP contribution in [-0.4, -0.2) is 20.2 Å². The number of methoxy groups -OCH3 is 2. The van der Waals surface area contributed by atoms with Crippen LogP contribution in [0.1, 0.15) is 5.56 Å². The normalized spacial score (nSPS) is 10.5. The number of halogens is 1. The average Bonchev–Trinajstić information content (AvgIpc) is 2.52. The monoisotopic (exact) mass is 318 g/mol. The van der Waals surface area contributed by atoms with Crippen molar-refractivity contribution in [3.05, 3.63) is 59.1 Å². The van der Waals surface area contributed by atoms with E-state index in [9.17, 15) is 4.79 Å². The van der Waals surface area contributed by atoms with Crippen molar-refractivity contribution in [2.24, 2.45) is 0 Å². The Hall–Kier alpha value is -2.46. The van der Waals surface area contributed by atoms with Crippen LogP contribution in [0.15, 0.2) is 48.5 Å². The van der Waals surface area contributed by atoms with E-state index in [1.54, 1.807) is 56.7 Å². The summed E-state index contributed by atoms with van der Waals surface area (Å²) in [5, 5.41) is 0.508. The molecule has 0 saturated heterocycles.